The molecular formula is C20H28ClNO5. The van der Waals surface area contributed by atoms with Crippen LogP contribution in [0.3, 0.4) is 0 Å². The molecule has 0 atom stereocenters. The second-order valence-corrected chi connectivity index (χ2v) is 7.32. The molecule has 1 amide bonds. The van der Waals surface area contributed by atoms with E-state index < -0.39 is 5.97 Å². The first-order valence-corrected chi connectivity index (χ1v) is 9.68. The smallest absolute Gasteiger partial charge is 0.338 e. The van der Waals surface area contributed by atoms with Gasteiger partial charge in [-0.2, -0.15) is 0 Å². The van der Waals surface area contributed by atoms with Gasteiger partial charge in [0.2, 0.25) is 0 Å². The first-order chi connectivity index (χ1) is 12.9. The van der Waals surface area contributed by atoms with E-state index in [0.717, 1.165) is 25.7 Å². The molecule has 0 aromatic heterocycles. The number of ether oxygens (including phenoxy) is 3. The quantitative estimate of drug-likeness (QED) is 0.652. The Morgan fingerprint density at radius 1 is 1.22 bits per heavy atom. The van der Waals surface area contributed by atoms with Crippen molar-refractivity contribution in [3.05, 3.63) is 22.7 Å². The molecule has 1 aromatic rings. The number of hydrogen-bond acceptors (Lipinski definition) is 5. The van der Waals surface area contributed by atoms with E-state index in [1.165, 1.54) is 19.2 Å². The summed E-state index contributed by atoms with van der Waals surface area (Å²) in [7, 11) is 3.24. The standard InChI is InChI=1S/C20H28ClNO5/c1-5-26-19-16(21)10-14(11-17(19)25-4)20(24)27-12-18(23)22(3)15-8-6-13(2)7-9-15/h10-11,13,15H,5-9,12H2,1-4H3. The molecule has 7 heteroatoms. The highest BCUT2D eigenvalue weighted by Crippen LogP contribution is 2.36. The molecule has 0 radical (unpaired) electrons. The molecule has 150 valence electrons. The predicted molar refractivity (Wildman–Crippen MR) is 104 cm³/mol. The Morgan fingerprint density at radius 2 is 1.89 bits per heavy atom. The lowest BCUT2D eigenvalue weighted by atomic mass is 9.87. The van der Waals surface area contributed by atoms with Crippen LogP contribution in [0.2, 0.25) is 5.02 Å². The third kappa shape index (κ3) is 5.51. The van der Waals surface area contributed by atoms with Gasteiger partial charge in [0.15, 0.2) is 18.1 Å². The van der Waals surface area contributed by atoms with Crippen LogP contribution >= 0.6 is 11.6 Å². The van der Waals surface area contributed by atoms with Crippen molar-refractivity contribution in [3.8, 4) is 11.5 Å². The Bertz CT molecular complexity index is 671. The first-order valence-electron chi connectivity index (χ1n) is 9.30. The number of carbonyl (C=O) groups is 2. The van der Waals surface area contributed by atoms with E-state index >= 15 is 0 Å². The number of likely N-dealkylation sites (N-methyl/N-ethyl adjacent to an activating group) is 1. The van der Waals surface area contributed by atoms with E-state index in [2.05, 4.69) is 6.92 Å². The average molecular weight is 398 g/mol. The Hall–Kier alpha value is -1.95. The van der Waals surface area contributed by atoms with Crippen LogP contribution in [0.15, 0.2) is 12.1 Å². The molecule has 0 bridgehead atoms. The molecule has 0 saturated heterocycles. The maximum absolute atomic E-state index is 12.4. The number of benzene rings is 1. The normalized spacial score (nSPS) is 19.3. The summed E-state index contributed by atoms with van der Waals surface area (Å²) in [6, 6.07) is 3.16. The van der Waals surface area contributed by atoms with Gasteiger partial charge < -0.3 is 19.1 Å². The summed E-state index contributed by atoms with van der Waals surface area (Å²) < 4.78 is 15.8. The average Bonchev–Trinajstić information content (AvgIpc) is 2.67. The van der Waals surface area contributed by atoms with Gasteiger partial charge in [0.25, 0.3) is 5.91 Å². The summed E-state index contributed by atoms with van der Waals surface area (Å²) in [5, 5.41) is 0.253. The predicted octanol–water partition coefficient (Wildman–Crippen LogP) is 3.94. The fraction of sp³-hybridized carbons (Fsp3) is 0.600. The molecule has 0 N–H and O–H groups in total. The van der Waals surface area contributed by atoms with Crippen LogP contribution < -0.4 is 9.47 Å². The monoisotopic (exact) mass is 397 g/mol. The summed E-state index contributed by atoms with van der Waals surface area (Å²) in [6.07, 6.45) is 4.21. The zero-order valence-corrected chi connectivity index (χ0v) is 17.2. The van der Waals surface area contributed by atoms with Crippen molar-refractivity contribution in [2.75, 3.05) is 27.4 Å². The maximum atomic E-state index is 12.4. The Labute approximate surface area is 165 Å². The van der Waals surface area contributed by atoms with Gasteiger partial charge >= 0.3 is 5.97 Å². The molecular weight excluding hydrogens is 370 g/mol. The number of amides is 1. The highest BCUT2D eigenvalue weighted by atomic mass is 35.5. The lowest BCUT2D eigenvalue weighted by Crippen LogP contribution is -2.41. The van der Waals surface area contributed by atoms with Gasteiger partial charge in [-0.15, -0.1) is 0 Å². The van der Waals surface area contributed by atoms with Crippen molar-refractivity contribution in [1.29, 1.82) is 0 Å². The van der Waals surface area contributed by atoms with Crippen LogP contribution in [-0.2, 0) is 9.53 Å². The van der Waals surface area contributed by atoms with E-state index in [0.29, 0.717) is 24.0 Å². The van der Waals surface area contributed by atoms with Gasteiger partial charge in [-0.1, -0.05) is 18.5 Å². The lowest BCUT2D eigenvalue weighted by molar-refractivity contribution is -0.136. The molecule has 0 aliphatic heterocycles. The van der Waals surface area contributed by atoms with Crippen LogP contribution in [0.25, 0.3) is 0 Å². The van der Waals surface area contributed by atoms with E-state index in [1.54, 1.807) is 11.9 Å². The largest absolute Gasteiger partial charge is 0.493 e. The second kappa shape index (κ2) is 9.83. The minimum Gasteiger partial charge on any atom is -0.493 e. The van der Waals surface area contributed by atoms with Crippen LogP contribution in [0.1, 0.15) is 49.9 Å². The Kier molecular flexibility index (Phi) is 7.78. The van der Waals surface area contributed by atoms with Crippen LogP contribution in [0.4, 0.5) is 0 Å². The van der Waals surface area contributed by atoms with Crippen molar-refractivity contribution in [1.82, 2.24) is 4.90 Å². The third-order valence-corrected chi connectivity index (χ3v) is 5.29. The fourth-order valence-corrected chi connectivity index (χ4v) is 3.53. The fourth-order valence-electron chi connectivity index (χ4n) is 3.27. The maximum Gasteiger partial charge on any atom is 0.338 e. The van der Waals surface area contributed by atoms with Crippen molar-refractivity contribution in [2.45, 2.75) is 45.6 Å². The molecule has 0 heterocycles. The lowest BCUT2D eigenvalue weighted by Gasteiger charge is -2.33. The summed E-state index contributed by atoms with van der Waals surface area (Å²) in [5.74, 6) is 0.600. The van der Waals surface area contributed by atoms with E-state index in [-0.39, 0.29) is 29.1 Å². The third-order valence-electron chi connectivity index (χ3n) is 5.01. The summed E-state index contributed by atoms with van der Waals surface area (Å²) >= 11 is 6.17. The van der Waals surface area contributed by atoms with Crippen molar-refractivity contribution >= 4 is 23.5 Å². The molecule has 2 rings (SSSR count). The molecule has 1 aliphatic rings. The molecule has 0 unspecified atom stereocenters. The first kappa shape index (κ1) is 21.4. The van der Waals surface area contributed by atoms with Gasteiger partial charge in [-0.05, 0) is 50.7 Å². The minimum atomic E-state index is -0.628. The van der Waals surface area contributed by atoms with E-state index in [1.807, 2.05) is 6.92 Å². The Morgan fingerprint density at radius 3 is 2.48 bits per heavy atom. The van der Waals surface area contributed by atoms with Gasteiger partial charge in [0.05, 0.1) is 24.3 Å². The molecule has 1 fully saturated rings. The summed E-state index contributed by atoms with van der Waals surface area (Å²) in [4.78, 5) is 26.4. The highest BCUT2D eigenvalue weighted by Gasteiger charge is 2.25. The van der Waals surface area contributed by atoms with Crippen LogP contribution in [-0.4, -0.2) is 50.2 Å². The van der Waals surface area contributed by atoms with Crippen molar-refractivity contribution in [2.24, 2.45) is 5.92 Å². The SMILES string of the molecule is CCOc1c(Cl)cc(C(=O)OCC(=O)N(C)C2CCC(C)CC2)cc1OC. The Balaban J connectivity index is 1.96. The summed E-state index contributed by atoms with van der Waals surface area (Å²) in [6.45, 7) is 4.18. The zero-order chi connectivity index (χ0) is 20.0. The topological polar surface area (TPSA) is 65.1 Å². The molecule has 6 nitrogen and oxygen atoms in total. The van der Waals surface area contributed by atoms with E-state index in [9.17, 15) is 9.59 Å². The van der Waals surface area contributed by atoms with Crippen LogP contribution in [0, 0.1) is 5.92 Å². The van der Waals surface area contributed by atoms with Crippen LogP contribution in [0.5, 0.6) is 11.5 Å². The number of rotatable bonds is 7. The molecule has 1 saturated carbocycles. The van der Waals surface area contributed by atoms with Crippen molar-refractivity contribution in [3.63, 3.8) is 0 Å². The molecule has 1 aliphatic carbocycles. The number of nitrogens with zero attached hydrogens (tertiary/aromatic N) is 1. The van der Waals surface area contributed by atoms with Gasteiger partial charge in [-0.25, -0.2) is 4.79 Å². The van der Waals surface area contributed by atoms with Crippen molar-refractivity contribution < 1.29 is 23.8 Å². The van der Waals surface area contributed by atoms with E-state index in [4.69, 9.17) is 25.8 Å². The van der Waals surface area contributed by atoms with Gasteiger partial charge in [-0.3, -0.25) is 4.79 Å². The number of methoxy groups -OCH3 is 1. The number of esters is 1. The number of halogens is 1. The number of hydrogen-bond donors (Lipinski definition) is 0. The number of carbonyl (C=O) groups excluding carboxylic acids is 2. The molecule has 0 spiro atoms. The second-order valence-electron chi connectivity index (χ2n) is 6.92. The molecule has 27 heavy (non-hydrogen) atoms. The highest BCUT2D eigenvalue weighted by molar-refractivity contribution is 6.32. The van der Waals surface area contributed by atoms with Gasteiger partial charge in [0.1, 0.15) is 0 Å². The minimum absolute atomic E-state index is 0.202. The molecule has 1 aromatic carbocycles. The van der Waals surface area contributed by atoms with Gasteiger partial charge in [0, 0.05) is 13.1 Å². The zero-order valence-electron chi connectivity index (χ0n) is 16.4. The summed E-state index contributed by atoms with van der Waals surface area (Å²) in [5.41, 5.74) is 0.210.